The molecule has 0 saturated heterocycles. The standard InChI is InChI=1S/C17H18N2O3S/c1-11-12(2)23-16-15(11)17(21)19(10-18-16)8-13(20)9-22-14-6-4-3-5-7-14/h3-7,10,13,20H,8-9H2,1-2H3. The van der Waals surface area contributed by atoms with Crippen LogP contribution in [0.2, 0.25) is 0 Å². The number of aliphatic hydroxyl groups is 1. The summed E-state index contributed by atoms with van der Waals surface area (Å²) in [5.41, 5.74) is 0.850. The molecule has 0 aliphatic rings. The molecule has 0 saturated carbocycles. The third kappa shape index (κ3) is 3.28. The van der Waals surface area contributed by atoms with Gasteiger partial charge in [-0.2, -0.15) is 0 Å². The van der Waals surface area contributed by atoms with Crippen LogP contribution in [-0.2, 0) is 6.54 Å². The minimum absolute atomic E-state index is 0.115. The molecule has 5 nitrogen and oxygen atoms in total. The van der Waals surface area contributed by atoms with Crippen LogP contribution >= 0.6 is 11.3 Å². The number of benzene rings is 1. The summed E-state index contributed by atoms with van der Waals surface area (Å²) < 4.78 is 6.96. The fourth-order valence-electron chi connectivity index (χ4n) is 2.39. The molecule has 0 aliphatic carbocycles. The van der Waals surface area contributed by atoms with E-state index >= 15 is 0 Å². The number of aryl methyl sites for hydroxylation is 2. The molecule has 120 valence electrons. The van der Waals surface area contributed by atoms with E-state index in [0.717, 1.165) is 15.3 Å². The quantitative estimate of drug-likeness (QED) is 0.781. The van der Waals surface area contributed by atoms with E-state index in [1.807, 2.05) is 44.2 Å². The predicted octanol–water partition coefficient (Wildman–Crippen LogP) is 2.51. The van der Waals surface area contributed by atoms with Crippen molar-refractivity contribution in [3.8, 4) is 5.75 Å². The lowest BCUT2D eigenvalue weighted by Crippen LogP contribution is -2.30. The van der Waals surface area contributed by atoms with Crippen LogP contribution in [0.5, 0.6) is 5.75 Å². The molecular formula is C17H18N2O3S. The molecular weight excluding hydrogens is 312 g/mol. The van der Waals surface area contributed by atoms with Crippen molar-refractivity contribution in [2.75, 3.05) is 6.61 Å². The number of aliphatic hydroxyl groups excluding tert-OH is 1. The minimum Gasteiger partial charge on any atom is -0.491 e. The van der Waals surface area contributed by atoms with Crippen LogP contribution in [0.25, 0.3) is 10.2 Å². The van der Waals surface area contributed by atoms with Crippen molar-refractivity contribution in [1.29, 1.82) is 0 Å². The van der Waals surface area contributed by atoms with E-state index in [0.29, 0.717) is 11.1 Å². The minimum atomic E-state index is -0.785. The molecule has 0 radical (unpaired) electrons. The second-order valence-corrected chi connectivity index (χ2v) is 6.65. The van der Waals surface area contributed by atoms with Crippen LogP contribution in [-0.4, -0.2) is 27.4 Å². The number of aromatic nitrogens is 2. The van der Waals surface area contributed by atoms with Crippen LogP contribution in [0.3, 0.4) is 0 Å². The van der Waals surface area contributed by atoms with E-state index in [1.165, 1.54) is 22.2 Å². The molecule has 2 heterocycles. The number of fused-ring (bicyclic) bond motifs is 1. The first-order valence-electron chi connectivity index (χ1n) is 7.37. The number of hydrogen-bond donors (Lipinski definition) is 1. The summed E-state index contributed by atoms with van der Waals surface area (Å²) >= 11 is 1.52. The second kappa shape index (κ2) is 6.52. The molecule has 1 aromatic carbocycles. The molecule has 1 unspecified atom stereocenters. The Morgan fingerprint density at radius 3 is 2.78 bits per heavy atom. The van der Waals surface area contributed by atoms with E-state index in [4.69, 9.17) is 4.74 Å². The summed E-state index contributed by atoms with van der Waals surface area (Å²) in [6.07, 6.45) is 0.707. The van der Waals surface area contributed by atoms with Gasteiger partial charge in [0.1, 0.15) is 23.3 Å². The highest BCUT2D eigenvalue weighted by atomic mass is 32.1. The smallest absolute Gasteiger partial charge is 0.262 e. The van der Waals surface area contributed by atoms with Gasteiger partial charge >= 0.3 is 0 Å². The molecule has 0 fully saturated rings. The SMILES string of the molecule is Cc1sc2ncn(CC(O)COc3ccccc3)c(=O)c2c1C. The molecule has 23 heavy (non-hydrogen) atoms. The molecule has 3 aromatic rings. The van der Waals surface area contributed by atoms with Gasteiger partial charge in [-0.1, -0.05) is 18.2 Å². The molecule has 0 spiro atoms. The fraction of sp³-hybridized carbons (Fsp3) is 0.294. The fourth-order valence-corrected chi connectivity index (χ4v) is 3.38. The predicted molar refractivity (Wildman–Crippen MR) is 91.3 cm³/mol. The van der Waals surface area contributed by atoms with Gasteiger partial charge < -0.3 is 9.84 Å². The maximum atomic E-state index is 12.6. The van der Waals surface area contributed by atoms with E-state index in [2.05, 4.69) is 4.98 Å². The van der Waals surface area contributed by atoms with Crippen LogP contribution in [0.1, 0.15) is 10.4 Å². The summed E-state index contributed by atoms with van der Waals surface area (Å²) in [6, 6.07) is 9.28. The third-order valence-electron chi connectivity index (χ3n) is 3.75. The Morgan fingerprint density at radius 1 is 1.30 bits per heavy atom. The Balaban J connectivity index is 1.75. The number of nitrogens with zero attached hydrogens (tertiary/aromatic N) is 2. The van der Waals surface area contributed by atoms with E-state index in [1.54, 1.807) is 0 Å². The van der Waals surface area contributed by atoms with E-state index in [9.17, 15) is 9.90 Å². The largest absolute Gasteiger partial charge is 0.491 e. The van der Waals surface area contributed by atoms with Crippen molar-refractivity contribution in [2.45, 2.75) is 26.5 Å². The Hall–Kier alpha value is -2.18. The third-order valence-corrected chi connectivity index (χ3v) is 4.86. The van der Waals surface area contributed by atoms with Crippen LogP contribution in [0, 0.1) is 13.8 Å². The van der Waals surface area contributed by atoms with Crippen LogP contribution in [0.4, 0.5) is 0 Å². The molecule has 6 heteroatoms. The van der Waals surface area contributed by atoms with Crippen molar-refractivity contribution in [3.05, 3.63) is 57.5 Å². The summed E-state index contributed by atoms with van der Waals surface area (Å²) in [7, 11) is 0. The monoisotopic (exact) mass is 330 g/mol. The van der Waals surface area contributed by atoms with Gasteiger partial charge in [-0.05, 0) is 31.5 Å². The Kier molecular flexibility index (Phi) is 4.45. The van der Waals surface area contributed by atoms with Crippen LogP contribution < -0.4 is 10.3 Å². The van der Waals surface area contributed by atoms with Crippen molar-refractivity contribution < 1.29 is 9.84 Å². The van der Waals surface area contributed by atoms with Gasteiger partial charge in [-0.25, -0.2) is 4.98 Å². The highest BCUT2D eigenvalue weighted by molar-refractivity contribution is 7.18. The lowest BCUT2D eigenvalue weighted by Gasteiger charge is -2.13. The zero-order valence-corrected chi connectivity index (χ0v) is 13.8. The summed E-state index contributed by atoms with van der Waals surface area (Å²) in [4.78, 5) is 18.7. The Labute approximate surface area is 137 Å². The summed E-state index contributed by atoms with van der Waals surface area (Å²) in [5, 5.41) is 10.8. The zero-order chi connectivity index (χ0) is 16.4. The average molecular weight is 330 g/mol. The lowest BCUT2D eigenvalue weighted by molar-refractivity contribution is 0.0915. The van der Waals surface area contributed by atoms with Gasteiger partial charge in [0.15, 0.2) is 0 Å². The lowest BCUT2D eigenvalue weighted by atomic mass is 10.2. The summed E-state index contributed by atoms with van der Waals surface area (Å²) in [6.45, 7) is 4.18. The first-order chi connectivity index (χ1) is 11.1. The number of para-hydroxylation sites is 1. The van der Waals surface area contributed by atoms with Gasteiger partial charge in [0, 0.05) is 4.88 Å². The molecule has 1 N–H and O–H groups in total. The normalized spacial score (nSPS) is 12.5. The first-order valence-corrected chi connectivity index (χ1v) is 8.19. The van der Waals surface area contributed by atoms with E-state index in [-0.39, 0.29) is 18.7 Å². The number of thiophene rings is 1. The molecule has 3 rings (SSSR count). The summed E-state index contributed by atoms with van der Waals surface area (Å²) in [5.74, 6) is 0.691. The average Bonchev–Trinajstić information content (AvgIpc) is 2.84. The zero-order valence-electron chi connectivity index (χ0n) is 13.0. The molecule has 1 atom stereocenters. The van der Waals surface area contributed by atoms with Gasteiger partial charge in [-0.3, -0.25) is 9.36 Å². The number of ether oxygens (including phenoxy) is 1. The molecule has 0 aliphatic heterocycles. The molecule has 0 amide bonds. The van der Waals surface area contributed by atoms with Crippen molar-refractivity contribution in [3.63, 3.8) is 0 Å². The van der Waals surface area contributed by atoms with Gasteiger partial charge in [-0.15, -0.1) is 11.3 Å². The number of rotatable bonds is 5. The van der Waals surface area contributed by atoms with E-state index < -0.39 is 6.10 Å². The number of hydrogen-bond acceptors (Lipinski definition) is 5. The second-order valence-electron chi connectivity index (χ2n) is 5.44. The maximum Gasteiger partial charge on any atom is 0.262 e. The van der Waals surface area contributed by atoms with Gasteiger partial charge in [0.25, 0.3) is 5.56 Å². The highest BCUT2D eigenvalue weighted by Gasteiger charge is 2.14. The Bertz CT molecular complexity index is 871. The maximum absolute atomic E-state index is 12.6. The van der Waals surface area contributed by atoms with Crippen molar-refractivity contribution in [2.24, 2.45) is 0 Å². The molecule has 0 bridgehead atoms. The molecule has 2 aromatic heterocycles. The van der Waals surface area contributed by atoms with Gasteiger partial charge in [0.2, 0.25) is 0 Å². The van der Waals surface area contributed by atoms with Gasteiger partial charge in [0.05, 0.1) is 18.3 Å². The van der Waals surface area contributed by atoms with Crippen molar-refractivity contribution in [1.82, 2.24) is 9.55 Å². The Morgan fingerprint density at radius 2 is 2.04 bits per heavy atom. The topological polar surface area (TPSA) is 64.3 Å². The van der Waals surface area contributed by atoms with Crippen LogP contribution in [0.15, 0.2) is 41.5 Å². The highest BCUT2D eigenvalue weighted by Crippen LogP contribution is 2.25. The first kappa shape index (κ1) is 15.7. The van der Waals surface area contributed by atoms with Crippen molar-refractivity contribution >= 4 is 21.6 Å².